The predicted octanol–water partition coefficient (Wildman–Crippen LogP) is 4.86. The number of carbonyl (C=O) groups excluding carboxylic acids is 1. The van der Waals surface area contributed by atoms with Crippen molar-refractivity contribution in [2.45, 2.75) is 50.5 Å². The van der Waals surface area contributed by atoms with E-state index in [4.69, 9.17) is 16.3 Å². The Kier molecular flexibility index (Phi) is 5.35. The fourth-order valence-corrected chi connectivity index (χ4v) is 4.96. The van der Waals surface area contributed by atoms with Gasteiger partial charge < -0.3 is 15.2 Å². The molecule has 5 heteroatoms. The van der Waals surface area contributed by atoms with Crippen molar-refractivity contribution in [2.24, 2.45) is 5.92 Å². The van der Waals surface area contributed by atoms with E-state index < -0.39 is 0 Å². The van der Waals surface area contributed by atoms with Crippen LogP contribution in [-0.4, -0.2) is 23.7 Å². The van der Waals surface area contributed by atoms with Crippen LogP contribution in [0.25, 0.3) is 0 Å². The Morgan fingerprint density at radius 1 is 1.21 bits per heavy atom. The van der Waals surface area contributed by atoms with Gasteiger partial charge >= 0.3 is 0 Å². The van der Waals surface area contributed by atoms with Gasteiger partial charge in [-0.05, 0) is 68.4 Å². The van der Waals surface area contributed by atoms with Crippen molar-refractivity contribution in [3.8, 4) is 5.75 Å². The molecule has 148 valence electrons. The first-order valence-corrected chi connectivity index (χ1v) is 10.3. The molecule has 2 aliphatic rings. The zero-order valence-electron chi connectivity index (χ0n) is 16.1. The van der Waals surface area contributed by atoms with Crippen molar-refractivity contribution in [2.75, 3.05) is 11.9 Å². The molecule has 2 N–H and O–H groups in total. The molecule has 0 radical (unpaired) electrons. The van der Waals surface area contributed by atoms with E-state index in [9.17, 15) is 9.90 Å². The van der Waals surface area contributed by atoms with Crippen LogP contribution in [0.15, 0.2) is 42.5 Å². The molecule has 4 nitrogen and oxygen atoms in total. The van der Waals surface area contributed by atoms with Crippen molar-refractivity contribution >= 4 is 23.2 Å². The van der Waals surface area contributed by atoms with Crippen molar-refractivity contribution in [1.29, 1.82) is 0 Å². The fourth-order valence-electron chi connectivity index (χ4n) is 4.84. The summed E-state index contributed by atoms with van der Waals surface area (Å²) in [5.74, 6) is 1.34. The molecule has 0 saturated heterocycles. The first-order chi connectivity index (χ1) is 13.5. The fraction of sp³-hybridized carbons (Fsp3) is 0.435. The summed E-state index contributed by atoms with van der Waals surface area (Å²) in [6.07, 6.45) is 4.13. The molecule has 1 aliphatic heterocycles. The summed E-state index contributed by atoms with van der Waals surface area (Å²) >= 11 is 5.89. The molecule has 1 heterocycles. The van der Waals surface area contributed by atoms with Crippen LogP contribution in [-0.2, 0) is 10.2 Å². The van der Waals surface area contributed by atoms with Gasteiger partial charge in [-0.25, -0.2) is 0 Å². The highest BCUT2D eigenvalue weighted by Crippen LogP contribution is 2.53. The summed E-state index contributed by atoms with van der Waals surface area (Å²) in [5, 5.41) is 13.6. The summed E-state index contributed by atoms with van der Waals surface area (Å²) < 4.78 is 6.15. The highest BCUT2D eigenvalue weighted by molar-refractivity contribution is 6.30. The van der Waals surface area contributed by atoms with Crippen LogP contribution >= 0.6 is 11.6 Å². The molecule has 1 spiro atoms. The molecule has 2 aromatic rings. The summed E-state index contributed by atoms with van der Waals surface area (Å²) in [5.41, 5.74) is 3.00. The van der Waals surface area contributed by atoms with Crippen molar-refractivity contribution < 1.29 is 14.6 Å². The van der Waals surface area contributed by atoms with E-state index in [-0.39, 0.29) is 24.0 Å². The number of aryl methyl sites for hydroxylation is 1. The van der Waals surface area contributed by atoms with Gasteiger partial charge in [0.2, 0.25) is 5.91 Å². The SMILES string of the molecule is Cc1cccc2c1OC(CO)C21CCC(CC(=O)Nc2ccc(Cl)cc2)CC1. The van der Waals surface area contributed by atoms with Gasteiger partial charge in [0, 0.05) is 28.1 Å². The van der Waals surface area contributed by atoms with Gasteiger partial charge in [-0.3, -0.25) is 4.79 Å². The van der Waals surface area contributed by atoms with E-state index in [1.54, 1.807) is 12.1 Å². The molecule has 1 unspecified atom stereocenters. The standard InChI is InChI=1S/C23H26ClNO3/c1-15-3-2-4-19-22(15)28-20(14-26)23(19)11-9-16(10-12-23)13-21(27)25-18-7-5-17(24)6-8-18/h2-8,16,20,26H,9-14H2,1H3,(H,25,27). The molecule has 2 aromatic carbocycles. The Morgan fingerprint density at radius 2 is 1.93 bits per heavy atom. The third-order valence-corrected chi connectivity index (χ3v) is 6.64. The van der Waals surface area contributed by atoms with E-state index in [0.29, 0.717) is 17.4 Å². The minimum absolute atomic E-state index is 0.0237. The van der Waals surface area contributed by atoms with Crippen LogP contribution in [0.1, 0.15) is 43.2 Å². The number of aliphatic hydroxyl groups is 1. The number of hydrogen-bond donors (Lipinski definition) is 2. The largest absolute Gasteiger partial charge is 0.487 e. The number of ether oxygens (including phenoxy) is 1. The average molecular weight is 400 g/mol. The highest BCUT2D eigenvalue weighted by Gasteiger charge is 2.50. The van der Waals surface area contributed by atoms with E-state index in [2.05, 4.69) is 30.4 Å². The quantitative estimate of drug-likeness (QED) is 0.771. The number of para-hydroxylation sites is 1. The van der Waals surface area contributed by atoms with Gasteiger partial charge in [0.25, 0.3) is 0 Å². The first kappa shape index (κ1) is 19.3. The highest BCUT2D eigenvalue weighted by atomic mass is 35.5. The lowest BCUT2D eigenvalue weighted by atomic mass is 9.64. The Labute approximate surface area is 170 Å². The van der Waals surface area contributed by atoms with Gasteiger partial charge in [-0.15, -0.1) is 0 Å². The molecule has 1 saturated carbocycles. The zero-order chi connectivity index (χ0) is 19.7. The maximum absolute atomic E-state index is 12.4. The minimum Gasteiger partial charge on any atom is -0.487 e. The van der Waals surface area contributed by atoms with Crippen molar-refractivity contribution in [3.63, 3.8) is 0 Å². The van der Waals surface area contributed by atoms with Crippen LogP contribution < -0.4 is 10.1 Å². The Morgan fingerprint density at radius 3 is 2.61 bits per heavy atom. The number of halogens is 1. The monoisotopic (exact) mass is 399 g/mol. The number of rotatable bonds is 4. The van der Waals surface area contributed by atoms with Crippen LogP contribution in [0, 0.1) is 12.8 Å². The molecule has 1 aliphatic carbocycles. The lowest BCUT2D eigenvalue weighted by Crippen LogP contribution is -2.43. The number of aliphatic hydroxyl groups excluding tert-OH is 1. The summed E-state index contributed by atoms with van der Waals surface area (Å²) in [6.45, 7) is 2.08. The number of carbonyl (C=O) groups is 1. The normalized spacial score (nSPS) is 26.0. The average Bonchev–Trinajstić information content (AvgIpc) is 3.00. The molecular weight excluding hydrogens is 374 g/mol. The summed E-state index contributed by atoms with van der Waals surface area (Å²) in [6, 6.07) is 13.5. The number of hydrogen-bond acceptors (Lipinski definition) is 3. The summed E-state index contributed by atoms with van der Waals surface area (Å²) in [4.78, 5) is 12.4. The van der Waals surface area contributed by atoms with Crippen LogP contribution in [0.5, 0.6) is 5.75 Å². The Hall–Kier alpha value is -2.04. The number of anilines is 1. The van der Waals surface area contributed by atoms with Crippen LogP contribution in [0.2, 0.25) is 5.02 Å². The molecule has 1 amide bonds. The van der Waals surface area contributed by atoms with Gasteiger partial charge in [-0.2, -0.15) is 0 Å². The molecule has 1 atom stereocenters. The van der Waals surface area contributed by atoms with E-state index in [1.165, 1.54) is 5.56 Å². The number of amides is 1. The topological polar surface area (TPSA) is 58.6 Å². The third-order valence-electron chi connectivity index (χ3n) is 6.39. The molecule has 4 rings (SSSR count). The second-order valence-corrected chi connectivity index (χ2v) is 8.54. The van der Waals surface area contributed by atoms with Gasteiger partial charge in [0.05, 0.1) is 6.61 Å². The second-order valence-electron chi connectivity index (χ2n) is 8.10. The molecular formula is C23H26ClNO3. The Bertz CT molecular complexity index is 857. The van der Waals surface area contributed by atoms with Crippen molar-refractivity contribution in [3.05, 3.63) is 58.6 Å². The van der Waals surface area contributed by atoms with Gasteiger partial charge in [0.1, 0.15) is 11.9 Å². The molecule has 0 aromatic heterocycles. The Balaban J connectivity index is 1.41. The van der Waals surface area contributed by atoms with Crippen molar-refractivity contribution in [1.82, 2.24) is 0 Å². The van der Waals surface area contributed by atoms with Crippen LogP contribution in [0.3, 0.4) is 0 Å². The predicted molar refractivity (Wildman–Crippen MR) is 111 cm³/mol. The van der Waals surface area contributed by atoms with E-state index in [1.807, 2.05) is 12.1 Å². The first-order valence-electron chi connectivity index (χ1n) is 9.95. The number of fused-ring (bicyclic) bond motifs is 2. The number of nitrogens with one attached hydrogen (secondary N) is 1. The molecule has 1 fully saturated rings. The third kappa shape index (κ3) is 3.51. The molecule has 0 bridgehead atoms. The van der Waals surface area contributed by atoms with E-state index in [0.717, 1.165) is 42.7 Å². The van der Waals surface area contributed by atoms with Gasteiger partial charge in [-0.1, -0.05) is 29.8 Å². The maximum Gasteiger partial charge on any atom is 0.224 e. The maximum atomic E-state index is 12.4. The molecule has 28 heavy (non-hydrogen) atoms. The second kappa shape index (κ2) is 7.76. The van der Waals surface area contributed by atoms with Gasteiger partial charge in [0.15, 0.2) is 0 Å². The van der Waals surface area contributed by atoms with E-state index >= 15 is 0 Å². The zero-order valence-corrected chi connectivity index (χ0v) is 16.8. The lowest BCUT2D eigenvalue weighted by Gasteiger charge is -2.40. The van der Waals surface area contributed by atoms with Crippen LogP contribution in [0.4, 0.5) is 5.69 Å². The summed E-state index contributed by atoms with van der Waals surface area (Å²) in [7, 11) is 0. The lowest BCUT2D eigenvalue weighted by molar-refractivity contribution is -0.117. The number of benzene rings is 2. The minimum atomic E-state index is -0.188. The smallest absolute Gasteiger partial charge is 0.224 e.